The number of halogens is 1. The van der Waals surface area contributed by atoms with E-state index in [9.17, 15) is 13.2 Å². The van der Waals surface area contributed by atoms with Gasteiger partial charge in [0.2, 0.25) is 15.9 Å². The van der Waals surface area contributed by atoms with Crippen LogP contribution in [0.15, 0.2) is 29.2 Å². The molecule has 0 bridgehead atoms. The largest absolute Gasteiger partial charge is 0.379 e. The van der Waals surface area contributed by atoms with Gasteiger partial charge in [-0.3, -0.25) is 4.79 Å². The normalized spacial score (nSPS) is 13.1. The van der Waals surface area contributed by atoms with E-state index in [1.807, 2.05) is 13.8 Å². The van der Waals surface area contributed by atoms with E-state index in [0.29, 0.717) is 24.6 Å². The summed E-state index contributed by atoms with van der Waals surface area (Å²) in [5, 5.41) is 3.12. The van der Waals surface area contributed by atoms with Crippen LogP contribution in [-0.2, 0) is 19.6 Å². The van der Waals surface area contributed by atoms with Gasteiger partial charge in [0.1, 0.15) is 0 Å². The first-order chi connectivity index (χ1) is 10.7. The molecule has 1 amide bonds. The van der Waals surface area contributed by atoms with Gasteiger partial charge in [0.15, 0.2) is 0 Å². The number of hydrogen-bond donors (Lipinski definition) is 2. The summed E-state index contributed by atoms with van der Waals surface area (Å²) in [5.74, 6) is -0.382. The molecule has 2 N–H and O–H groups in total. The van der Waals surface area contributed by atoms with Gasteiger partial charge in [0.25, 0.3) is 0 Å². The molecule has 23 heavy (non-hydrogen) atoms. The van der Waals surface area contributed by atoms with Gasteiger partial charge in [0.05, 0.1) is 17.0 Å². The average molecular weight is 363 g/mol. The average Bonchev–Trinajstić information content (AvgIpc) is 2.46. The van der Waals surface area contributed by atoms with Crippen LogP contribution >= 0.6 is 11.6 Å². The van der Waals surface area contributed by atoms with Gasteiger partial charge in [-0.15, -0.1) is 0 Å². The summed E-state index contributed by atoms with van der Waals surface area (Å²) in [7, 11) is -3.76. The highest BCUT2D eigenvalue weighted by Crippen LogP contribution is 2.14. The van der Waals surface area contributed by atoms with Gasteiger partial charge < -0.3 is 10.1 Å². The maximum atomic E-state index is 12.2. The maximum Gasteiger partial charge on any atom is 0.241 e. The fourth-order valence-corrected chi connectivity index (χ4v) is 3.05. The van der Waals surface area contributed by atoms with Crippen molar-refractivity contribution in [2.45, 2.75) is 44.2 Å². The van der Waals surface area contributed by atoms with Crippen molar-refractivity contribution in [2.75, 3.05) is 13.2 Å². The van der Waals surface area contributed by atoms with Crippen LogP contribution in [0.25, 0.3) is 0 Å². The van der Waals surface area contributed by atoms with Crippen molar-refractivity contribution in [3.63, 3.8) is 0 Å². The van der Waals surface area contributed by atoms with E-state index in [2.05, 4.69) is 10.0 Å². The predicted molar refractivity (Wildman–Crippen MR) is 90.0 cm³/mol. The summed E-state index contributed by atoms with van der Waals surface area (Å²) >= 11 is 5.73. The lowest BCUT2D eigenvalue weighted by atomic mass is 10.3. The van der Waals surface area contributed by atoms with Crippen LogP contribution in [0, 0.1) is 0 Å². The van der Waals surface area contributed by atoms with Crippen LogP contribution in [0.2, 0.25) is 5.02 Å². The van der Waals surface area contributed by atoms with Gasteiger partial charge in [-0.1, -0.05) is 11.6 Å². The number of nitrogens with one attached hydrogen (secondary N) is 2. The Balaban J connectivity index is 2.46. The molecule has 0 aromatic heterocycles. The Kier molecular flexibility index (Phi) is 7.98. The third-order valence-corrected chi connectivity index (χ3v) is 4.73. The predicted octanol–water partition coefficient (Wildman–Crippen LogP) is 1.94. The fourth-order valence-electron chi connectivity index (χ4n) is 1.72. The Morgan fingerprint density at radius 1 is 1.22 bits per heavy atom. The Bertz CT molecular complexity index is 602. The Morgan fingerprint density at radius 3 is 2.39 bits per heavy atom. The molecule has 1 rings (SSSR count). The smallest absolute Gasteiger partial charge is 0.241 e. The van der Waals surface area contributed by atoms with Gasteiger partial charge in [-0.05, 0) is 51.5 Å². The first kappa shape index (κ1) is 19.9. The zero-order valence-electron chi connectivity index (χ0n) is 13.5. The van der Waals surface area contributed by atoms with Crippen LogP contribution in [-0.4, -0.2) is 39.6 Å². The number of sulfonamides is 1. The van der Waals surface area contributed by atoms with E-state index in [1.54, 1.807) is 0 Å². The molecule has 0 spiro atoms. The lowest BCUT2D eigenvalue weighted by Gasteiger charge is -2.15. The summed E-state index contributed by atoms with van der Waals surface area (Å²) in [6.45, 7) is 6.34. The van der Waals surface area contributed by atoms with E-state index in [-0.39, 0.29) is 16.9 Å². The highest BCUT2D eigenvalue weighted by Gasteiger charge is 2.21. The molecule has 130 valence electrons. The van der Waals surface area contributed by atoms with E-state index < -0.39 is 16.1 Å². The lowest BCUT2D eigenvalue weighted by Crippen LogP contribution is -2.45. The van der Waals surface area contributed by atoms with E-state index >= 15 is 0 Å². The van der Waals surface area contributed by atoms with Gasteiger partial charge in [0, 0.05) is 18.2 Å². The van der Waals surface area contributed by atoms with Crippen molar-refractivity contribution in [3.8, 4) is 0 Å². The summed E-state index contributed by atoms with van der Waals surface area (Å²) in [4.78, 5) is 12.0. The van der Waals surface area contributed by atoms with Crippen LogP contribution < -0.4 is 10.0 Å². The Labute approximate surface area is 142 Å². The summed E-state index contributed by atoms with van der Waals surface area (Å²) < 4.78 is 32.0. The molecule has 0 saturated carbocycles. The zero-order chi connectivity index (χ0) is 17.5. The molecule has 0 aliphatic carbocycles. The van der Waals surface area contributed by atoms with Crippen LogP contribution in [0.5, 0.6) is 0 Å². The summed E-state index contributed by atoms with van der Waals surface area (Å²) in [6, 6.07) is 4.86. The molecule has 1 aromatic carbocycles. The van der Waals surface area contributed by atoms with Crippen molar-refractivity contribution in [3.05, 3.63) is 29.3 Å². The Hall–Kier alpha value is -1.15. The third-order valence-electron chi connectivity index (χ3n) is 2.92. The van der Waals surface area contributed by atoms with E-state index in [1.165, 1.54) is 31.2 Å². The second-order valence-electron chi connectivity index (χ2n) is 5.36. The lowest BCUT2D eigenvalue weighted by molar-refractivity contribution is -0.122. The van der Waals surface area contributed by atoms with Crippen molar-refractivity contribution in [1.29, 1.82) is 0 Å². The Morgan fingerprint density at radius 2 is 1.83 bits per heavy atom. The maximum absolute atomic E-state index is 12.2. The topological polar surface area (TPSA) is 84.5 Å². The number of benzene rings is 1. The zero-order valence-corrected chi connectivity index (χ0v) is 15.1. The van der Waals surface area contributed by atoms with Crippen molar-refractivity contribution in [2.24, 2.45) is 0 Å². The minimum atomic E-state index is -3.76. The molecule has 1 aromatic rings. The molecular weight excluding hydrogens is 340 g/mol. The van der Waals surface area contributed by atoms with Crippen LogP contribution in [0.4, 0.5) is 0 Å². The highest BCUT2D eigenvalue weighted by molar-refractivity contribution is 7.89. The second kappa shape index (κ2) is 9.22. The number of ether oxygens (including phenoxy) is 1. The first-order valence-electron chi connectivity index (χ1n) is 7.39. The standard InChI is InChI=1S/C15H23ClN2O4S/c1-11(2)22-10-4-9-17-15(19)12(3)18-23(20,21)14-7-5-13(16)6-8-14/h5-8,11-12,18H,4,9-10H2,1-3H3,(H,17,19)/t12-/m0/s1. The van der Waals surface area contributed by atoms with Crippen LogP contribution in [0.1, 0.15) is 27.2 Å². The van der Waals surface area contributed by atoms with Gasteiger partial charge in [-0.25, -0.2) is 8.42 Å². The highest BCUT2D eigenvalue weighted by atomic mass is 35.5. The number of rotatable bonds is 9. The number of carbonyl (C=O) groups is 1. The van der Waals surface area contributed by atoms with E-state index in [0.717, 1.165) is 0 Å². The third kappa shape index (κ3) is 7.30. The first-order valence-corrected chi connectivity index (χ1v) is 9.25. The molecular formula is C15H23ClN2O4S. The van der Waals surface area contributed by atoms with Crippen molar-refractivity contribution < 1.29 is 17.9 Å². The molecule has 0 unspecified atom stereocenters. The van der Waals surface area contributed by atoms with Gasteiger partial charge >= 0.3 is 0 Å². The summed E-state index contributed by atoms with van der Waals surface area (Å²) in [6.07, 6.45) is 0.816. The fraction of sp³-hybridized carbons (Fsp3) is 0.533. The molecule has 0 saturated heterocycles. The minimum absolute atomic E-state index is 0.0619. The minimum Gasteiger partial charge on any atom is -0.379 e. The number of amides is 1. The number of hydrogen-bond acceptors (Lipinski definition) is 4. The molecule has 0 aliphatic heterocycles. The van der Waals surface area contributed by atoms with Gasteiger partial charge in [-0.2, -0.15) is 4.72 Å². The second-order valence-corrected chi connectivity index (χ2v) is 7.51. The van der Waals surface area contributed by atoms with E-state index in [4.69, 9.17) is 16.3 Å². The van der Waals surface area contributed by atoms with Crippen molar-refractivity contribution >= 4 is 27.5 Å². The molecule has 1 atom stereocenters. The quantitative estimate of drug-likeness (QED) is 0.657. The monoisotopic (exact) mass is 362 g/mol. The number of carbonyl (C=O) groups excluding carboxylic acids is 1. The SMILES string of the molecule is CC(C)OCCCNC(=O)[C@H](C)NS(=O)(=O)c1ccc(Cl)cc1. The molecule has 0 fully saturated rings. The molecule has 0 radical (unpaired) electrons. The molecule has 6 nitrogen and oxygen atoms in total. The molecule has 0 aliphatic rings. The summed E-state index contributed by atoms with van der Waals surface area (Å²) in [5.41, 5.74) is 0. The van der Waals surface area contributed by atoms with Crippen molar-refractivity contribution in [1.82, 2.24) is 10.0 Å². The molecule has 0 heterocycles. The van der Waals surface area contributed by atoms with Crippen LogP contribution in [0.3, 0.4) is 0 Å². The molecule has 8 heteroatoms.